The number of benzene rings is 1. The van der Waals surface area contributed by atoms with Crippen LogP contribution in [0.1, 0.15) is 6.42 Å². The van der Waals surface area contributed by atoms with E-state index in [4.69, 9.17) is 4.74 Å². The predicted octanol–water partition coefficient (Wildman–Crippen LogP) is 2.42. The van der Waals surface area contributed by atoms with E-state index in [0.717, 1.165) is 5.69 Å². The summed E-state index contributed by atoms with van der Waals surface area (Å²) in [5.74, 6) is 0.353. The van der Waals surface area contributed by atoms with Gasteiger partial charge < -0.3 is 19.7 Å². The minimum absolute atomic E-state index is 0.0824. The Labute approximate surface area is 160 Å². The van der Waals surface area contributed by atoms with E-state index < -0.39 is 12.3 Å². The molecule has 0 unspecified atom stereocenters. The van der Waals surface area contributed by atoms with E-state index in [1.165, 1.54) is 0 Å². The lowest BCUT2D eigenvalue weighted by atomic mass is 9.99. The normalized spacial score (nSPS) is 25.8. The third-order valence-electron chi connectivity index (χ3n) is 5.11. The van der Waals surface area contributed by atoms with Gasteiger partial charge in [0.1, 0.15) is 11.9 Å². The smallest absolute Gasteiger partial charge is 0.233 e. The highest BCUT2D eigenvalue weighted by molar-refractivity contribution is 5.68. The molecule has 0 radical (unpaired) electrons. The summed E-state index contributed by atoms with van der Waals surface area (Å²) in [6.07, 6.45) is 7.80. The molecule has 2 aliphatic heterocycles. The van der Waals surface area contributed by atoms with Crippen molar-refractivity contribution in [2.45, 2.75) is 30.8 Å². The van der Waals surface area contributed by atoms with Crippen LogP contribution in [-0.4, -0.2) is 49.2 Å². The van der Waals surface area contributed by atoms with E-state index in [1.54, 1.807) is 47.6 Å². The number of aromatic nitrogens is 4. The number of halogens is 1. The van der Waals surface area contributed by atoms with Crippen LogP contribution in [0.4, 0.5) is 4.39 Å². The first-order chi connectivity index (χ1) is 13.7. The molecule has 0 amide bonds. The second-order valence-electron chi connectivity index (χ2n) is 6.95. The van der Waals surface area contributed by atoms with Gasteiger partial charge in [-0.05, 0) is 18.2 Å². The molecule has 1 fully saturated rings. The van der Waals surface area contributed by atoms with Gasteiger partial charge in [-0.1, -0.05) is 12.2 Å². The van der Waals surface area contributed by atoms with Crippen molar-refractivity contribution < 1.29 is 14.2 Å². The van der Waals surface area contributed by atoms with Crippen LogP contribution in [0.3, 0.4) is 0 Å². The van der Waals surface area contributed by atoms with Gasteiger partial charge in [0.25, 0.3) is 0 Å². The Morgan fingerprint density at radius 3 is 2.86 bits per heavy atom. The SMILES string of the molecule is Oc1cc(-n2ccnc2)ccc1-c1ccc(O[C@H]2C[C@@H]3C=C[C@@H](N3)[C@@H]2F)nn1. The molecule has 5 rings (SSSR count). The number of alkyl halides is 1. The first-order valence-corrected chi connectivity index (χ1v) is 9.08. The van der Waals surface area contributed by atoms with Crippen LogP contribution in [-0.2, 0) is 0 Å². The Bertz CT molecular complexity index is 1010. The molecule has 4 atom stereocenters. The van der Waals surface area contributed by atoms with Gasteiger partial charge in [-0.25, -0.2) is 9.37 Å². The summed E-state index contributed by atoms with van der Waals surface area (Å²) in [4.78, 5) is 4.00. The molecule has 0 saturated carbocycles. The largest absolute Gasteiger partial charge is 0.507 e. The molecule has 2 aromatic heterocycles. The van der Waals surface area contributed by atoms with Crippen LogP contribution in [0.25, 0.3) is 16.9 Å². The zero-order chi connectivity index (χ0) is 19.1. The summed E-state index contributed by atoms with van der Waals surface area (Å²) < 4.78 is 22.0. The molecular formula is C20H18FN5O2. The average molecular weight is 379 g/mol. The number of imidazole rings is 1. The summed E-state index contributed by atoms with van der Waals surface area (Å²) in [5, 5.41) is 21.7. The predicted molar refractivity (Wildman–Crippen MR) is 100 cm³/mol. The minimum atomic E-state index is -1.13. The fourth-order valence-corrected chi connectivity index (χ4v) is 3.67. The number of phenolic OH excluding ortho intramolecular Hbond substituents is 1. The minimum Gasteiger partial charge on any atom is -0.507 e. The first kappa shape index (κ1) is 16.9. The summed E-state index contributed by atoms with van der Waals surface area (Å²) in [5.41, 5.74) is 1.84. The van der Waals surface area contributed by atoms with Gasteiger partial charge in [-0.3, -0.25) is 0 Å². The van der Waals surface area contributed by atoms with Gasteiger partial charge in [-0.15, -0.1) is 10.2 Å². The molecule has 142 valence electrons. The number of aromatic hydroxyl groups is 1. The highest BCUT2D eigenvalue weighted by Crippen LogP contribution is 2.31. The van der Waals surface area contributed by atoms with Crippen molar-refractivity contribution in [1.82, 2.24) is 25.1 Å². The van der Waals surface area contributed by atoms with E-state index in [1.807, 2.05) is 18.2 Å². The third kappa shape index (κ3) is 3.01. The van der Waals surface area contributed by atoms with Gasteiger partial charge in [0.15, 0.2) is 6.17 Å². The second kappa shape index (κ2) is 6.72. The number of hydrogen-bond acceptors (Lipinski definition) is 6. The molecule has 2 N–H and O–H groups in total. The Morgan fingerprint density at radius 2 is 2.11 bits per heavy atom. The lowest BCUT2D eigenvalue weighted by molar-refractivity contribution is 0.0475. The van der Waals surface area contributed by atoms with Crippen LogP contribution >= 0.6 is 0 Å². The van der Waals surface area contributed by atoms with Gasteiger partial charge in [-0.2, -0.15) is 0 Å². The molecule has 28 heavy (non-hydrogen) atoms. The van der Waals surface area contributed by atoms with Crippen LogP contribution < -0.4 is 10.1 Å². The number of hydrogen-bond donors (Lipinski definition) is 2. The fraction of sp³-hybridized carbons (Fsp3) is 0.250. The Balaban J connectivity index is 1.33. The Morgan fingerprint density at radius 1 is 1.18 bits per heavy atom. The molecule has 2 bridgehead atoms. The monoisotopic (exact) mass is 379 g/mol. The molecular weight excluding hydrogens is 361 g/mol. The number of ether oxygens (including phenoxy) is 1. The Hall–Kier alpha value is -3.26. The van der Waals surface area contributed by atoms with Crippen molar-refractivity contribution in [2.24, 2.45) is 0 Å². The van der Waals surface area contributed by atoms with Crippen molar-refractivity contribution in [3.05, 3.63) is 61.2 Å². The topological polar surface area (TPSA) is 85.1 Å². The van der Waals surface area contributed by atoms with Crippen LogP contribution in [0.15, 0.2) is 61.2 Å². The van der Waals surface area contributed by atoms with Crippen molar-refractivity contribution in [2.75, 3.05) is 0 Å². The molecule has 3 aromatic rings. The van der Waals surface area contributed by atoms with Crippen LogP contribution in [0.5, 0.6) is 11.6 Å². The second-order valence-corrected chi connectivity index (χ2v) is 6.95. The maximum atomic E-state index is 14.5. The third-order valence-corrected chi connectivity index (χ3v) is 5.11. The number of rotatable bonds is 4. The fourth-order valence-electron chi connectivity index (χ4n) is 3.67. The summed E-state index contributed by atoms with van der Waals surface area (Å²) >= 11 is 0. The van der Waals surface area contributed by atoms with E-state index in [0.29, 0.717) is 17.7 Å². The van der Waals surface area contributed by atoms with Gasteiger partial charge in [0.05, 0.1) is 23.8 Å². The standard InChI is InChI=1S/C20H18FN5O2/c21-20-16-4-1-12(23-16)9-18(20)28-19-6-5-15(24-25-19)14-3-2-13(10-17(14)27)26-8-7-22-11-26/h1-8,10-12,16,18,20,23,27H,9H2/t12-,16+,18-,20-/m0/s1. The summed E-state index contributed by atoms with van der Waals surface area (Å²) in [7, 11) is 0. The molecule has 4 heterocycles. The van der Waals surface area contributed by atoms with E-state index >= 15 is 0 Å². The molecule has 2 aliphatic rings. The summed E-state index contributed by atoms with van der Waals surface area (Å²) in [6.45, 7) is 0. The van der Waals surface area contributed by atoms with Crippen molar-refractivity contribution in [1.29, 1.82) is 0 Å². The molecule has 1 saturated heterocycles. The quantitative estimate of drug-likeness (QED) is 0.678. The maximum Gasteiger partial charge on any atom is 0.233 e. The number of phenols is 1. The lowest BCUT2D eigenvalue weighted by Crippen LogP contribution is -2.52. The van der Waals surface area contributed by atoms with E-state index in [9.17, 15) is 9.50 Å². The van der Waals surface area contributed by atoms with Gasteiger partial charge in [0, 0.05) is 42.6 Å². The van der Waals surface area contributed by atoms with Gasteiger partial charge in [0.2, 0.25) is 5.88 Å². The number of fused-ring (bicyclic) bond motifs is 2. The van der Waals surface area contributed by atoms with Crippen molar-refractivity contribution >= 4 is 0 Å². The highest BCUT2D eigenvalue weighted by atomic mass is 19.1. The zero-order valence-corrected chi connectivity index (χ0v) is 14.8. The lowest BCUT2D eigenvalue weighted by Gasteiger charge is -2.32. The number of nitrogens with one attached hydrogen (secondary N) is 1. The zero-order valence-electron chi connectivity index (χ0n) is 14.8. The Kier molecular flexibility index (Phi) is 4.05. The average Bonchev–Trinajstić information content (AvgIpc) is 3.37. The van der Waals surface area contributed by atoms with Crippen molar-refractivity contribution in [3.8, 4) is 28.6 Å². The molecule has 8 heteroatoms. The maximum absolute atomic E-state index is 14.5. The molecule has 1 aromatic carbocycles. The van der Waals surface area contributed by atoms with E-state index in [-0.39, 0.29) is 23.7 Å². The molecule has 7 nitrogen and oxygen atoms in total. The highest BCUT2D eigenvalue weighted by Gasteiger charge is 2.40. The first-order valence-electron chi connectivity index (χ1n) is 9.08. The van der Waals surface area contributed by atoms with Crippen molar-refractivity contribution in [3.63, 3.8) is 0 Å². The van der Waals surface area contributed by atoms with E-state index in [2.05, 4.69) is 20.5 Å². The molecule has 0 spiro atoms. The van der Waals surface area contributed by atoms with Crippen LogP contribution in [0, 0.1) is 0 Å². The number of nitrogens with zero attached hydrogens (tertiary/aromatic N) is 4. The summed E-state index contributed by atoms with van der Waals surface area (Å²) in [6, 6.07) is 8.44. The number of piperidine rings is 1. The molecule has 0 aliphatic carbocycles. The van der Waals surface area contributed by atoms with Gasteiger partial charge >= 0.3 is 0 Å². The van der Waals surface area contributed by atoms with Crippen LogP contribution in [0.2, 0.25) is 0 Å².